The molecule has 4 nitrogen and oxygen atoms in total. The molecule has 0 aliphatic heterocycles. The fraction of sp³-hybridized carbons (Fsp3) is 0.467. The van der Waals surface area contributed by atoms with Gasteiger partial charge in [-0.15, -0.1) is 0 Å². The van der Waals surface area contributed by atoms with Crippen molar-refractivity contribution in [1.29, 1.82) is 0 Å². The van der Waals surface area contributed by atoms with Crippen molar-refractivity contribution >= 4 is 11.8 Å². The van der Waals surface area contributed by atoms with E-state index in [-0.39, 0.29) is 11.2 Å². The quantitative estimate of drug-likeness (QED) is 0.802. The fourth-order valence-electron chi connectivity index (χ4n) is 2.17. The van der Waals surface area contributed by atoms with Gasteiger partial charge in [-0.3, -0.25) is 9.59 Å². The number of rotatable bonds is 5. The largest absolute Gasteiger partial charge is 0.348 e. The number of carbonyl (C=O) groups is 2. The number of halogens is 1. The van der Waals surface area contributed by atoms with Gasteiger partial charge < -0.3 is 10.6 Å². The molecule has 0 spiro atoms. The molecule has 2 amide bonds. The molecule has 0 unspecified atom stereocenters. The van der Waals surface area contributed by atoms with Crippen LogP contribution in [0.3, 0.4) is 0 Å². The Hall–Kier alpha value is -1.91. The maximum Gasteiger partial charge on any atom is 0.309 e. The highest BCUT2D eigenvalue weighted by Crippen LogP contribution is 2.47. The van der Waals surface area contributed by atoms with Crippen LogP contribution >= 0.6 is 0 Å². The Morgan fingerprint density at radius 1 is 1.15 bits per heavy atom. The summed E-state index contributed by atoms with van der Waals surface area (Å²) < 4.78 is 12.9. The van der Waals surface area contributed by atoms with Gasteiger partial charge in [0.1, 0.15) is 5.82 Å². The molecule has 0 bridgehead atoms. The molecule has 0 aromatic heterocycles. The van der Waals surface area contributed by atoms with E-state index in [9.17, 15) is 14.0 Å². The number of nitrogens with one attached hydrogen (secondary N) is 2. The van der Waals surface area contributed by atoms with Crippen LogP contribution in [0.25, 0.3) is 0 Å². The van der Waals surface area contributed by atoms with Crippen molar-refractivity contribution in [2.45, 2.75) is 31.6 Å². The molecule has 1 fully saturated rings. The Kier molecular flexibility index (Phi) is 4.37. The third-order valence-corrected chi connectivity index (χ3v) is 3.64. The zero-order valence-electron chi connectivity index (χ0n) is 11.5. The molecule has 108 valence electrons. The van der Waals surface area contributed by atoms with Gasteiger partial charge in [0, 0.05) is 18.5 Å². The van der Waals surface area contributed by atoms with Crippen LogP contribution in [0.15, 0.2) is 24.3 Å². The van der Waals surface area contributed by atoms with E-state index in [1.54, 1.807) is 12.1 Å². The Labute approximate surface area is 117 Å². The van der Waals surface area contributed by atoms with E-state index in [0.717, 1.165) is 24.8 Å². The van der Waals surface area contributed by atoms with E-state index in [4.69, 9.17) is 0 Å². The summed E-state index contributed by atoms with van der Waals surface area (Å²) in [5, 5.41) is 5.20. The molecular weight excluding hydrogens is 259 g/mol. The number of amides is 2. The predicted octanol–water partition coefficient (Wildman–Crippen LogP) is 1.50. The number of hydrogen-bond acceptors (Lipinski definition) is 2. The molecule has 1 aliphatic rings. The van der Waals surface area contributed by atoms with Crippen LogP contribution in [-0.4, -0.2) is 24.9 Å². The predicted molar refractivity (Wildman–Crippen MR) is 73.6 cm³/mol. The molecule has 1 aliphatic carbocycles. The van der Waals surface area contributed by atoms with Crippen LogP contribution in [0.2, 0.25) is 0 Å². The van der Waals surface area contributed by atoms with Crippen molar-refractivity contribution in [1.82, 2.24) is 10.6 Å². The highest BCUT2D eigenvalue weighted by molar-refractivity contribution is 6.35. The summed E-state index contributed by atoms with van der Waals surface area (Å²) in [6.07, 6.45) is 2.67. The third kappa shape index (κ3) is 3.35. The summed E-state index contributed by atoms with van der Waals surface area (Å²) in [5.41, 5.74) is 0.877. The molecule has 5 heteroatoms. The van der Waals surface area contributed by atoms with Gasteiger partial charge in [0.15, 0.2) is 0 Å². The second-order valence-electron chi connectivity index (χ2n) is 5.23. The van der Waals surface area contributed by atoms with Crippen molar-refractivity contribution in [3.8, 4) is 0 Å². The maximum absolute atomic E-state index is 12.9. The van der Waals surface area contributed by atoms with Crippen molar-refractivity contribution in [3.63, 3.8) is 0 Å². The maximum atomic E-state index is 12.9. The molecule has 0 heterocycles. The van der Waals surface area contributed by atoms with E-state index < -0.39 is 11.8 Å². The smallest absolute Gasteiger partial charge is 0.309 e. The van der Waals surface area contributed by atoms with Gasteiger partial charge in [0.25, 0.3) is 0 Å². The van der Waals surface area contributed by atoms with Crippen molar-refractivity contribution in [3.05, 3.63) is 35.6 Å². The minimum atomic E-state index is -0.605. The first-order valence-electron chi connectivity index (χ1n) is 6.89. The lowest BCUT2D eigenvalue weighted by atomic mass is 9.96. The van der Waals surface area contributed by atoms with E-state index in [1.807, 2.05) is 6.92 Å². The minimum Gasteiger partial charge on any atom is -0.348 e. The molecule has 0 saturated heterocycles. The molecule has 0 radical (unpaired) electrons. The summed E-state index contributed by atoms with van der Waals surface area (Å²) in [7, 11) is 0. The molecule has 0 atom stereocenters. The number of carbonyl (C=O) groups excluding carboxylic acids is 2. The highest BCUT2D eigenvalue weighted by atomic mass is 19.1. The topological polar surface area (TPSA) is 58.2 Å². The Bertz CT molecular complexity index is 495. The van der Waals surface area contributed by atoms with Crippen molar-refractivity contribution < 1.29 is 14.0 Å². The molecule has 1 aromatic carbocycles. The van der Waals surface area contributed by atoms with Gasteiger partial charge in [0.2, 0.25) is 0 Å². The monoisotopic (exact) mass is 278 g/mol. The first kappa shape index (κ1) is 14.5. The first-order chi connectivity index (χ1) is 9.57. The second-order valence-corrected chi connectivity index (χ2v) is 5.23. The SMILES string of the molecule is CCCNC(=O)C(=O)NCC1(c2ccc(F)cc2)CC1. The molecule has 20 heavy (non-hydrogen) atoms. The average Bonchev–Trinajstić information content (AvgIpc) is 3.24. The average molecular weight is 278 g/mol. The molecule has 2 N–H and O–H groups in total. The van der Waals surface area contributed by atoms with E-state index in [1.165, 1.54) is 12.1 Å². The second kappa shape index (κ2) is 6.03. The lowest BCUT2D eigenvalue weighted by molar-refractivity contribution is -0.139. The van der Waals surface area contributed by atoms with Crippen molar-refractivity contribution in [2.75, 3.05) is 13.1 Å². The van der Waals surface area contributed by atoms with Crippen LogP contribution in [0.5, 0.6) is 0 Å². The van der Waals surface area contributed by atoms with Gasteiger partial charge in [-0.1, -0.05) is 19.1 Å². The van der Waals surface area contributed by atoms with Crippen LogP contribution in [0.1, 0.15) is 31.7 Å². The van der Waals surface area contributed by atoms with E-state index in [2.05, 4.69) is 10.6 Å². The Morgan fingerprint density at radius 2 is 1.75 bits per heavy atom. The summed E-state index contributed by atoms with van der Waals surface area (Å²) >= 11 is 0. The van der Waals surface area contributed by atoms with Crippen molar-refractivity contribution in [2.24, 2.45) is 0 Å². The number of hydrogen-bond donors (Lipinski definition) is 2. The Balaban J connectivity index is 1.89. The van der Waals surface area contributed by atoms with Gasteiger partial charge in [-0.25, -0.2) is 4.39 Å². The first-order valence-corrected chi connectivity index (χ1v) is 6.89. The summed E-state index contributed by atoms with van der Waals surface area (Å²) in [6, 6.07) is 6.33. The summed E-state index contributed by atoms with van der Waals surface area (Å²) in [6.45, 7) is 2.83. The molecular formula is C15H19FN2O2. The standard InChI is InChI=1S/C15H19FN2O2/c1-2-9-17-13(19)14(20)18-10-15(7-8-15)11-3-5-12(16)6-4-11/h3-6H,2,7-10H2,1H3,(H,17,19)(H,18,20). The lowest BCUT2D eigenvalue weighted by Gasteiger charge is -2.16. The zero-order chi connectivity index (χ0) is 14.6. The fourth-order valence-corrected chi connectivity index (χ4v) is 2.17. The zero-order valence-corrected chi connectivity index (χ0v) is 11.5. The van der Waals surface area contributed by atoms with Crippen LogP contribution in [-0.2, 0) is 15.0 Å². The van der Waals surface area contributed by atoms with Gasteiger partial charge in [-0.2, -0.15) is 0 Å². The summed E-state index contributed by atoms with van der Waals surface area (Å²) in [4.78, 5) is 23.1. The van der Waals surface area contributed by atoms with Crippen LogP contribution in [0, 0.1) is 5.82 Å². The van der Waals surface area contributed by atoms with Crippen LogP contribution < -0.4 is 10.6 Å². The summed E-state index contributed by atoms with van der Waals surface area (Å²) in [5.74, 6) is -1.47. The molecule has 1 saturated carbocycles. The van der Waals surface area contributed by atoms with E-state index in [0.29, 0.717) is 13.1 Å². The molecule has 1 aromatic rings. The Morgan fingerprint density at radius 3 is 2.30 bits per heavy atom. The third-order valence-electron chi connectivity index (χ3n) is 3.64. The van der Waals surface area contributed by atoms with E-state index >= 15 is 0 Å². The molecule has 2 rings (SSSR count). The minimum absolute atomic E-state index is 0.131. The van der Waals surface area contributed by atoms with Gasteiger partial charge in [-0.05, 0) is 37.0 Å². The van der Waals surface area contributed by atoms with Gasteiger partial charge in [0.05, 0.1) is 0 Å². The van der Waals surface area contributed by atoms with Crippen LogP contribution in [0.4, 0.5) is 4.39 Å². The highest BCUT2D eigenvalue weighted by Gasteiger charge is 2.44. The van der Waals surface area contributed by atoms with Gasteiger partial charge >= 0.3 is 11.8 Å². The normalized spacial score (nSPS) is 15.5. The lowest BCUT2D eigenvalue weighted by Crippen LogP contribution is -2.43. The number of benzene rings is 1.